The number of Topliss-reactive ketones (excluding diaryl/α,β-unsaturated/α-hetero) is 1. The number of carbonyl (C=O) groups excluding carboxylic acids is 2. The van der Waals surface area contributed by atoms with Crippen LogP contribution in [-0.2, 0) is 14.6 Å². The van der Waals surface area contributed by atoms with Crippen molar-refractivity contribution in [2.24, 2.45) is 0 Å². The highest BCUT2D eigenvalue weighted by atomic mass is 35.5. The lowest BCUT2D eigenvalue weighted by Crippen LogP contribution is -2.34. The van der Waals surface area contributed by atoms with Crippen molar-refractivity contribution in [1.29, 1.82) is 0 Å². The molecule has 1 heterocycles. The van der Waals surface area contributed by atoms with E-state index < -0.39 is 21.5 Å². The standard InChI is InChI=1S/C13H13Cl2NO4S/c1-2-6-21(19,20)7-5-16-11-9(15)4-3-8(14)10(11)12(17)13(16)18/h3-4H,2,5-7H2,1H3. The molecule has 0 atom stereocenters. The van der Waals surface area contributed by atoms with Gasteiger partial charge in [-0.15, -0.1) is 0 Å². The van der Waals surface area contributed by atoms with Crippen molar-refractivity contribution in [3.63, 3.8) is 0 Å². The van der Waals surface area contributed by atoms with Crippen molar-refractivity contribution < 1.29 is 18.0 Å². The minimum Gasteiger partial charge on any atom is -0.302 e. The van der Waals surface area contributed by atoms with Gasteiger partial charge in [0.15, 0.2) is 9.84 Å². The lowest BCUT2D eigenvalue weighted by Gasteiger charge is -2.17. The number of carbonyl (C=O) groups is 2. The highest BCUT2D eigenvalue weighted by Gasteiger charge is 2.39. The highest BCUT2D eigenvalue weighted by molar-refractivity contribution is 7.91. The SMILES string of the molecule is CCCS(=O)(=O)CCN1C(=O)C(=O)c2c(Cl)ccc(Cl)c21. The van der Waals surface area contributed by atoms with Crippen LogP contribution < -0.4 is 4.90 Å². The zero-order chi connectivity index (χ0) is 15.8. The van der Waals surface area contributed by atoms with Crippen molar-refractivity contribution in [2.45, 2.75) is 13.3 Å². The van der Waals surface area contributed by atoms with E-state index >= 15 is 0 Å². The van der Waals surface area contributed by atoms with Gasteiger partial charge in [0.05, 0.1) is 27.0 Å². The summed E-state index contributed by atoms with van der Waals surface area (Å²) in [5, 5.41) is 0.327. The number of fused-ring (bicyclic) bond motifs is 1. The molecule has 1 amide bonds. The van der Waals surface area contributed by atoms with Crippen molar-refractivity contribution in [1.82, 2.24) is 0 Å². The minimum atomic E-state index is -3.27. The molecule has 0 N–H and O–H groups in total. The third-order valence-electron chi connectivity index (χ3n) is 3.16. The van der Waals surface area contributed by atoms with Crippen molar-refractivity contribution >= 4 is 50.4 Å². The molecule has 0 saturated carbocycles. The van der Waals surface area contributed by atoms with Crippen LogP contribution in [0.1, 0.15) is 23.7 Å². The van der Waals surface area contributed by atoms with Crippen molar-refractivity contribution in [3.8, 4) is 0 Å². The van der Waals surface area contributed by atoms with Gasteiger partial charge in [-0.1, -0.05) is 30.1 Å². The Morgan fingerprint density at radius 2 is 1.71 bits per heavy atom. The van der Waals surface area contributed by atoms with E-state index in [1.54, 1.807) is 6.92 Å². The Morgan fingerprint density at radius 3 is 2.33 bits per heavy atom. The lowest BCUT2D eigenvalue weighted by molar-refractivity contribution is -0.114. The van der Waals surface area contributed by atoms with E-state index in [0.29, 0.717) is 6.42 Å². The van der Waals surface area contributed by atoms with Gasteiger partial charge in [-0.05, 0) is 18.6 Å². The van der Waals surface area contributed by atoms with Crippen LogP contribution in [0.2, 0.25) is 10.0 Å². The van der Waals surface area contributed by atoms with E-state index in [0.717, 1.165) is 4.90 Å². The molecule has 0 aromatic heterocycles. The first-order chi connectivity index (χ1) is 9.78. The Bertz CT molecular complexity index is 715. The van der Waals surface area contributed by atoms with Crippen LogP contribution in [0.25, 0.3) is 0 Å². The van der Waals surface area contributed by atoms with Crippen LogP contribution in [0.4, 0.5) is 5.69 Å². The molecule has 0 unspecified atom stereocenters. The average molecular weight is 350 g/mol. The summed E-state index contributed by atoms with van der Waals surface area (Å²) < 4.78 is 23.5. The second-order valence-electron chi connectivity index (χ2n) is 4.69. The molecule has 114 valence electrons. The summed E-state index contributed by atoms with van der Waals surface area (Å²) >= 11 is 12.0. The van der Waals surface area contributed by atoms with Crippen molar-refractivity contribution in [2.75, 3.05) is 23.0 Å². The molecule has 1 aliphatic rings. The van der Waals surface area contributed by atoms with E-state index in [1.807, 2.05) is 0 Å². The number of benzene rings is 1. The van der Waals surface area contributed by atoms with E-state index in [9.17, 15) is 18.0 Å². The quantitative estimate of drug-likeness (QED) is 0.765. The number of halogens is 2. The third-order valence-corrected chi connectivity index (χ3v) is 5.61. The number of ketones is 1. The molecule has 0 spiro atoms. The van der Waals surface area contributed by atoms with Crippen LogP contribution in [0.5, 0.6) is 0 Å². The molecule has 5 nitrogen and oxygen atoms in total. The number of anilines is 1. The Balaban J connectivity index is 2.34. The van der Waals surface area contributed by atoms with Crippen LogP contribution in [-0.4, -0.2) is 38.2 Å². The molecule has 0 radical (unpaired) electrons. The normalized spacial score (nSPS) is 14.7. The Kier molecular flexibility index (Phi) is 4.60. The second kappa shape index (κ2) is 5.94. The zero-order valence-electron chi connectivity index (χ0n) is 11.2. The van der Waals surface area contributed by atoms with E-state index in [1.165, 1.54) is 12.1 Å². The molecule has 1 aromatic carbocycles. The Labute approximate surface area is 132 Å². The van der Waals surface area contributed by atoms with Crippen LogP contribution >= 0.6 is 23.2 Å². The first-order valence-corrected chi connectivity index (χ1v) is 8.91. The molecular weight excluding hydrogens is 337 g/mol. The summed E-state index contributed by atoms with van der Waals surface area (Å²) in [4.78, 5) is 25.0. The lowest BCUT2D eigenvalue weighted by atomic mass is 10.1. The summed E-state index contributed by atoms with van der Waals surface area (Å²) in [7, 11) is -3.27. The average Bonchev–Trinajstić information content (AvgIpc) is 2.66. The van der Waals surface area contributed by atoms with Gasteiger partial charge in [0.25, 0.3) is 11.7 Å². The van der Waals surface area contributed by atoms with E-state index in [-0.39, 0.29) is 39.3 Å². The summed E-state index contributed by atoms with van der Waals surface area (Å²) in [6, 6.07) is 2.91. The van der Waals surface area contributed by atoms with Crippen LogP contribution in [0.3, 0.4) is 0 Å². The maximum atomic E-state index is 12.0. The van der Waals surface area contributed by atoms with Gasteiger partial charge in [0.2, 0.25) is 0 Å². The fourth-order valence-electron chi connectivity index (χ4n) is 2.21. The smallest absolute Gasteiger partial charge is 0.299 e. The molecule has 0 bridgehead atoms. The highest BCUT2D eigenvalue weighted by Crippen LogP contribution is 2.39. The summed E-state index contributed by atoms with van der Waals surface area (Å²) in [5.41, 5.74) is 0.243. The first kappa shape index (κ1) is 16.3. The van der Waals surface area contributed by atoms with Gasteiger partial charge >= 0.3 is 0 Å². The van der Waals surface area contributed by atoms with E-state index in [2.05, 4.69) is 0 Å². The van der Waals surface area contributed by atoms with Crippen LogP contribution in [0, 0.1) is 0 Å². The first-order valence-electron chi connectivity index (χ1n) is 6.33. The topological polar surface area (TPSA) is 71.5 Å². The fourth-order valence-corrected chi connectivity index (χ4v) is 3.99. The van der Waals surface area contributed by atoms with Gasteiger partial charge in [0, 0.05) is 12.3 Å². The number of rotatable bonds is 5. The predicted octanol–water partition coefficient (Wildman–Crippen LogP) is 2.35. The predicted molar refractivity (Wildman–Crippen MR) is 82.1 cm³/mol. The minimum absolute atomic E-state index is 0.0408. The molecule has 21 heavy (non-hydrogen) atoms. The molecule has 0 fully saturated rings. The molecular formula is C13H13Cl2NO4S. The summed E-state index contributed by atoms with van der Waals surface area (Å²) in [5.74, 6) is -1.74. The second-order valence-corrected chi connectivity index (χ2v) is 7.81. The number of nitrogens with zero attached hydrogens (tertiary/aromatic N) is 1. The third kappa shape index (κ3) is 3.07. The van der Waals surface area contributed by atoms with Gasteiger partial charge in [-0.2, -0.15) is 0 Å². The summed E-state index contributed by atoms with van der Waals surface area (Å²) in [6.07, 6.45) is 0.498. The fraction of sp³-hybridized carbons (Fsp3) is 0.385. The van der Waals surface area contributed by atoms with Gasteiger partial charge in [-0.3, -0.25) is 9.59 Å². The molecule has 8 heteroatoms. The van der Waals surface area contributed by atoms with Crippen LogP contribution in [0.15, 0.2) is 12.1 Å². The largest absolute Gasteiger partial charge is 0.302 e. The molecule has 0 aliphatic carbocycles. The molecule has 1 aliphatic heterocycles. The Hall–Kier alpha value is -1.11. The maximum absolute atomic E-state index is 12.0. The number of hydrogen-bond acceptors (Lipinski definition) is 4. The van der Waals surface area contributed by atoms with Crippen molar-refractivity contribution in [3.05, 3.63) is 27.7 Å². The molecule has 2 rings (SSSR count). The van der Waals surface area contributed by atoms with Gasteiger partial charge < -0.3 is 4.90 Å². The zero-order valence-corrected chi connectivity index (χ0v) is 13.6. The number of sulfone groups is 1. The van der Waals surface area contributed by atoms with Gasteiger partial charge in [0.1, 0.15) is 0 Å². The van der Waals surface area contributed by atoms with E-state index in [4.69, 9.17) is 23.2 Å². The molecule has 1 aromatic rings. The van der Waals surface area contributed by atoms with Gasteiger partial charge in [-0.25, -0.2) is 8.42 Å². The Morgan fingerprint density at radius 1 is 1.10 bits per heavy atom. The molecule has 0 saturated heterocycles. The maximum Gasteiger partial charge on any atom is 0.299 e. The number of amides is 1. The summed E-state index contributed by atoms with van der Waals surface area (Å²) in [6.45, 7) is 1.65. The monoisotopic (exact) mass is 349 g/mol. The number of hydrogen-bond donors (Lipinski definition) is 0.